The number of rotatable bonds is 6. The summed E-state index contributed by atoms with van der Waals surface area (Å²) in [5.41, 5.74) is 0.379. The number of hydrogen-bond donors (Lipinski definition) is 0. The lowest BCUT2D eigenvalue weighted by Gasteiger charge is -2.10. The van der Waals surface area contributed by atoms with E-state index in [1.807, 2.05) is 0 Å². The van der Waals surface area contributed by atoms with Crippen LogP contribution < -0.4 is 4.74 Å². The summed E-state index contributed by atoms with van der Waals surface area (Å²) in [7, 11) is 1.57. The molecule has 20 heavy (non-hydrogen) atoms. The summed E-state index contributed by atoms with van der Waals surface area (Å²) in [6.45, 7) is 0.750. The van der Waals surface area contributed by atoms with Crippen LogP contribution in [-0.2, 0) is 4.74 Å². The van der Waals surface area contributed by atoms with Crippen molar-refractivity contribution in [2.45, 2.75) is 0 Å². The molecule has 0 radical (unpaired) electrons. The highest BCUT2D eigenvalue weighted by molar-refractivity contribution is 6.10. The van der Waals surface area contributed by atoms with Crippen LogP contribution in [0.1, 0.15) is 15.9 Å². The first-order valence-corrected chi connectivity index (χ1v) is 6.24. The van der Waals surface area contributed by atoms with Gasteiger partial charge in [0.05, 0.1) is 17.7 Å². The van der Waals surface area contributed by atoms with Crippen LogP contribution in [0.5, 0.6) is 5.75 Å². The lowest BCUT2D eigenvalue weighted by molar-refractivity contribution is 0.102. The molecule has 0 N–H and O–H groups in total. The van der Waals surface area contributed by atoms with Gasteiger partial charge in [-0.3, -0.25) is 4.79 Å². The maximum atomic E-state index is 13.7. The molecular weight excluding hydrogens is 259 g/mol. The molecule has 3 nitrogen and oxygen atoms in total. The molecule has 0 heterocycles. The smallest absolute Gasteiger partial charge is 0.199 e. The van der Waals surface area contributed by atoms with E-state index in [0.29, 0.717) is 24.5 Å². The summed E-state index contributed by atoms with van der Waals surface area (Å²) in [5.74, 6) is -0.502. The molecule has 0 saturated heterocycles. The number of ether oxygens (including phenoxy) is 2. The van der Waals surface area contributed by atoms with Gasteiger partial charge in [-0.15, -0.1) is 0 Å². The summed E-state index contributed by atoms with van der Waals surface area (Å²) >= 11 is 0. The fourth-order valence-corrected chi connectivity index (χ4v) is 1.81. The Morgan fingerprint density at radius 2 is 1.65 bits per heavy atom. The Kier molecular flexibility index (Phi) is 4.85. The van der Waals surface area contributed by atoms with Crippen LogP contribution >= 0.6 is 0 Å². The number of benzene rings is 2. The molecule has 104 valence electrons. The number of hydrogen-bond acceptors (Lipinski definition) is 3. The molecule has 0 saturated carbocycles. The normalized spacial score (nSPS) is 10.3. The van der Waals surface area contributed by atoms with Crippen molar-refractivity contribution in [3.05, 3.63) is 65.5 Å². The predicted octanol–water partition coefficient (Wildman–Crippen LogP) is 3.08. The Morgan fingerprint density at radius 1 is 1.00 bits per heavy atom. The Bertz CT molecular complexity index is 596. The zero-order chi connectivity index (χ0) is 14.4. The highest BCUT2D eigenvalue weighted by Gasteiger charge is 2.17. The molecule has 4 heteroatoms. The lowest BCUT2D eigenvalue weighted by Crippen LogP contribution is -2.10. The molecule has 0 atom stereocenters. The third kappa shape index (κ3) is 3.22. The standard InChI is InChI=1S/C16H15FO3/c1-19-10-11-20-15-9-5-3-7-13(15)16(18)12-6-2-4-8-14(12)17/h2-9H,10-11H2,1H3. The van der Waals surface area contributed by atoms with E-state index in [0.717, 1.165) is 0 Å². The van der Waals surface area contributed by atoms with Crippen LogP contribution in [0, 0.1) is 5.82 Å². The first-order chi connectivity index (χ1) is 9.74. The van der Waals surface area contributed by atoms with E-state index in [1.165, 1.54) is 12.1 Å². The van der Waals surface area contributed by atoms with Crippen molar-refractivity contribution in [2.75, 3.05) is 20.3 Å². The molecule has 0 aliphatic heterocycles. The fraction of sp³-hybridized carbons (Fsp3) is 0.188. The van der Waals surface area contributed by atoms with Crippen LogP contribution in [-0.4, -0.2) is 26.1 Å². The lowest BCUT2D eigenvalue weighted by atomic mass is 10.0. The van der Waals surface area contributed by atoms with E-state index in [9.17, 15) is 9.18 Å². The Morgan fingerprint density at radius 3 is 2.35 bits per heavy atom. The zero-order valence-electron chi connectivity index (χ0n) is 11.1. The summed E-state index contributed by atoms with van der Waals surface area (Å²) in [5, 5.41) is 0. The fourth-order valence-electron chi connectivity index (χ4n) is 1.81. The van der Waals surface area contributed by atoms with Crippen molar-refractivity contribution in [2.24, 2.45) is 0 Å². The van der Waals surface area contributed by atoms with E-state index in [-0.39, 0.29) is 5.56 Å². The molecule has 0 amide bonds. The monoisotopic (exact) mass is 274 g/mol. The highest BCUT2D eigenvalue weighted by atomic mass is 19.1. The number of ketones is 1. The van der Waals surface area contributed by atoms with Crippen LogP contribution in [0.4, 0.5) is 4.39 Å². The Balaban J connectivity index is 2.28. The summed E-state index contributed by atoms with van der Waals surface area (Å²) in [6.07, 6.45) is 0. The molecule has 2 aromatic carbocycles. The van der Waals surface area contributed by atoms with Crippen LogP contribution in [0.2, 0.25) is 0 Å². The number of carbonyl (C=O) groups is 1. The van der Waals surface area contributed by atoms with Crippen LogP contribution in [0.25, 0.3) is 0 Å². The minimum atomic E-state index is -0.538. The van der Waals surface area contributed by atoms with Crippen molar-refractivity contribution in [3.63, 3.8) is 0 Å². The van der Waals surface area contributed by atoms with Crippen molar-refractivity contribution < 1.29 is 18.7 Å². The number of halogens is 1. The SMILES string of the molecule is COCCOc1ccccc1C(=O)c1ccccc1F. The van der Waals surface area contributed by atoms with Gasteiger partial charge in [-0.1, -0.05) is 24.3 Å². The van der Waals surface area contributed by atoms with Gasteiger partial charge in [0.25, 0.3) is 0 Å². The molecule has 0 aliphatic carbocycles. The van der Waals surface area contributed by atoms with Gasteiger partial charge in [-0.25, -0.2) is 4.39 Å². The van der Waals surface area contributed by atoms with Crippen LogP contribution in [0.3, 0.4) is 0 Å². The van der Waals surface area contributed by atoms with Crippen molar-refractivity contribution in [1.82, 2.24) is 0 Å². The average molecular weight is 274 g/mol. The molecule has 0 aromatic heterocycles. The topological polar surface area (TPSA) is 35.5 Å². The molecule has 0 unspecified atom stereocenters. The third-order valence-corrected chi connectivity index (χ3v) is 2.80. The van der Waals surface area contributed by atoms with E-state index in [1.54, 1.807) is 43.5 Å². The molecule has 0 aliphatic rings. The van der Waals surface area contributed by atoms with Gasteiger partial charge in [0.1, 0.15) is 18.2 Å². The molecule has 2 aromatic rings. The van der Waals surface area contributed by atoms with Gasteiger partial charge < -0.3 is 9.47 Å². The Hall–Kier alpha value is -2.20. The summed E-state index contributed by atoms with van der Waals surface area (Å²) < 4.78 is 24.1. The van der Waals surface area contributed by atoms with E-state index < -0.39 is 11.6 Å². The van der Waals surface area contributed by atoms with Gasteiger partial charge >= 0.3 is 0 Å². The third-order valence-electron chi connectivity index (χ3n) is 2.80. The molecular formula is C16H15FO3. The molecule has 2 rings (SSSR count). The maximum Gasteiger partial charge on any atom is 0.199 e. The van der Waals surface area contributed by atoms with E-state index in [4.69, 9.17) is 9.47 Å². The van der Waals surface area contributed by atoms with Gasteiger partial charge in [0, 0.05) is 7.11 Å². The largest absolute Gasteiger partial charge is 0.490 e. The zero-order valence-corrected chi connectivity index (χ0v) is 11.1. The second-order valence-electron chi connectivity index (χ2n) is 4.15. The second-order valence-corrected chi connectivity index (χ2v) is 4.15. The second kappa shape index (κ2) is 6.82. The summed E-state index contributed by atoms with van der Waals surface area (Å²) in [6, 6.07) is 12.7. The average Bonchev–Trinajstić information content (AvgIpc) is 2.48. The first kappa shape index (κ1) is 14.2. The van der Waals surface area contributed by atoms with Gasteiger partial charge in [0.15, 0.2) is 5.78 Å². The highest BCUT2D eigenvalue weighted by Crippen LogP contribution is 2.22. The molecule has 0 bridgehead atoms. The van der Waals surface area contributed by atoms with Gasteiger partial charge in [-0.05, 0) is 24.3 Å². The first-order valence-electron chi connectivity index (χ1n) is 6.24. The van der Waals surface area contributed by atoms with Crippen molar-refractivity contribution >= 4 is 5.78 Å². The maximum absolute atomic E-state index is 13.7. The number of methoxy groups -OCH3 is 1. The molecule has 0 spiro atoms. The minimum absolute atomic E-state index is 0.0373. The predicted molar refractivity (Wildman–Crippen MR) is 73.6 cm³/mol. The quantitative estimate of drug-likeness (QED) is 0.600. The van der Waals surface area contributed by atoms with Crippen molar-refractivity contribution in [3.8, 4) is 5.75 Å². The Labute approximate surface area is 117 Å². The van der Waals surface area contributed by atoms with Gasteiger partial charge in [-0.2, -0.15) is 0 Å². The van der Waals surface area contributed by atoms with Crippen LogP contribution in [0.15, 0.2) is 48.5 Å². The summed E-state index contributed by atoms with van der Waals surface area (Å²) in [4.78, 5) is 12.4. The molecule has 0 fully saturated rings. The minimum Gasteiger partial charge on any atom is -0.490 e. The van der Waals surface area contributed by atoms with E-state index >= 15 is 0 Å². The van der Waals surface area contributed by atoms with E-state index in [2.05, 4.69) is 0 Å². The van der Waals surface area contributed by atoms with Gasteiger partial charge in [0.2, 0.25) is 0 Å². The van der Waals surface area contributed by atoms with Crippen molar-refractivity contribution in [1.29, 1.82) is 0 Å². The number of para-hydroxylation sites is 1. The number of carbonyl (C=O) groups excluding carboxylic acids is 1.